The Morgan fingerprint density at radius 2 is 1.79 bits per heavy atom. The number of hydrogen-bond donors (Lipinski definition) is 1. The van der Waals surface area contributed by atoms with Gasteiger partial charge in [-0.3, -0.25) is 4.79 Å². The number of anilines is 1. The highest BCUT2D eigenvalue weighted by Gasteiger charge is 2.16. The number of amides is 1. The summed E-state index contributed by atoms with van der Waals surface area (Å²) in [6.07, 6.45) is 1.72. The molecule has 0 unspecified atom stereocenters. The first-order valence-corrected chi connectivity index (χ1v) is 11.0. The van der Waals surface area contributed by atoms with Crippen LogP contribution in [0, 0.1) is 0 Å². The normalized spacial score (nSPS) is 10.4. The number of carbonyl (C=O) groups is 1. The fourth-order valence-corrected chi connectivity index (χ4v) is 3.77. The third kappa shape index (κ3) is 6.42. The molecule has 33 heavy (non-hydrogen) atoms. The molecule has 1 N–H and O–H groups in total. The highest BCUT2D eigenvalue weighted by molar-refractivity contribution is 8.00. The molecule has 3 aromatic rings. The van der Waals surface area contributed by atoms with Gasteiger partial charge in [0.05, 0.1) is 33.6 Å². The first-order chi connectivity index (χ1) is 16.1. The fourth-order valence-electron chi connectivity index (χ4n) is 2.90. The summed E-state index contributed by atoms with van der Waals surface area (Å²) < 4.78 is 23.2. The maximum Gasteiger partial charge on any atom is 0.234 e. The van der Waals surface area contributed by atoms with E-state index in [1.165, 1.54) is 11.8 Å². The maximum absolute atomic E-state index is 12.6. The molecule has 0 aliphatic heterocycles. The molecule has 1 aromatic heterocycles. The predicted molar refractivity (Wildman–Crippen MR) is 126 cm³/mol. The zero-order chi connectivity index (χ0) is 23.6. The Morgan fingerprint density at radius 3 is 2.45 bits per heavy atom. The zero-order valence-electron chi connectivity index (χ0n) is 18.7. The lowest BCUT2D eigenvalue weighted by atomic mass is 10.2. The third-order valence-electron chi connectivity index (χ3n) is 4.50. The lowest BCUT2D eigenvalue weighted by Gasteiger charge is -2.11. The summed E-state index contributed by atoms with van der Waals surface area (Å²) in [6, 6.07) is 12.5. The first-order valence-electron chi connectivity index (χ1n) is 10.0. The van der Waals surface area contributed by atoms with E-state index in [0.29, 0.717) is 35.2 Å². The van der Waals surface area contributed by atoms with Crippen LogP contribution in [0.2, 0.25) is 0 Å². The summed E-state index contributed by atoms with van der Waals surface area (Å²) in [7, 11) is 4.71. The molecule has 0 aliphatic rings. The molecular weight excluding hydrogens is 444 g/mol. The minimum atomic E-state index is -0.180. The minimum Gasteiger partial charge on any atom is -0.497 e. The monoisotopic (exact) mass is 470 g/mol. The molecule has 0 radical (unpaired) electrons. The zero-order valence-corrected chi connectivity index (χ0v) is 19.6. The highest BCUT2D eigenvalue weighted by Crippen LogP contribution is 2.30. The second-order valence-electron chi connectivity index (χ2n) is 6.68. The molecule has 0 fully saturated rings. The molecule has 1 amide bonds. The Hall–Kier alpha value is -3.66. The van der Waals surface area contributed by atoms with Gasteiger partial charge in [-0.05, 0) is 36.4 Å². The molecule has 0 bridgehead atoms. The number of ether oxygens (including phenoxy) is 4. The molecule has 0 saturated heterocycles. The van der Waals surface area contributed by atoms with Crippen LogP contribution in [-0.2, 0) is 17.9 Å². The largest absolute Gasteiger partial charge is 0.497 e. The highest BCUT2D eigenvalue weighted by atomic mass is 32.2. The molecule has 0 spiro atoms. The van der Waals surface area contributed by atoms with Crippen LogP contribution in [-0.4, -0.2) is 48.0 Å². The topological polar surface area (TPSA) is 96.7 Å². The van der Waals surface area contributed by atoms with Gasteiger partial charge in [-0.15, -0.1) is 11.7 Å². The van der Waals surface area contributed by atoms with Gasteiger partial charge in [-0.25, -0.2) is 4.68 Å². The molecular formula is C23H26N4O5S. The summed E-state index contributed by atoms with van der Waals surface area (Å²) in [4.78, 5) is 12.6. The number of rotatable bonds is 12. The quantitative estimate of drug-likeness (QED) is 0.315. The van der Waals surface area contributed by atoms with E-state index in [0.717, 1.165) is 10.8 Å². The molecule has 9 nitrogen and oxygen atoms in total. The number of methoxy groups -OCH3 is 3. The van der Waals surface area contributed by atoms with Gasteiger partial charge >= 0.3 is 0 Å². The van der Waals surface area contributed by atoms with Crippen molar-refractivity contribution >= 4 is 23.4 Å². The van der Waals surface area contributed by atoms with E-state index in [-0.39, 0.29) is 18.3 Å². The van der Waals surface area contributed by atoms with Crippen molar-refractivity contribution in [2.75, 3.05) is 32.4 Å². The Labute approximate surface area is 196 Å². The molecule has 0 aliphatic carbocycles. The van der Waals surface area contributed by atoms with Crippen LogP contribution >= 0.6 is 11.8 Å². The van der Waals surface area contributed by atoms with Gasteiger partial charge in [0.15, 0.2) is 11.5 Å². The summed E-state index contributed by atoms with van der Waals surface area (Å²) in [6.45, 7) is 4.43. The van der Waals surface area contributed by atoms with E-state index < -0.39 is 0 Å². The van der Waals surface area contributed by atoms with Gasteiger partial charge in [0.2, 0.25) is 5.91 Å². The van der Waals surface area contributed by atoms with Crippen LogP contribution in [0.5, 0.6) is 23.0 Å². The standard InChI is InChI=1S/C23H26N4O5S/c1-5-12-27-23(19(25-26-27)14-32-18-9-7-17(29-2)8-10-18)33-15-22(28)24-16-6-11-20(30-3)21(13-16)31-4/h5-11,13H,1,12,14-15H2,2-4H3,(H,24,28). The number of hydrogen-bond acceptors (Lipinski definition) is 8. The summed E-state index contributed by atoms with van der Waals surface area (Å²) in [5.41, 5.74) is 1.25. The Balaban J connectivity index is 1.64. The Kier molecular flexibility index (Phi) is 8.59. The molecule has 0 saturated carbocycles. The van der Waals surface area contributed by atoms with E-state index >= 15 is 0 Å². The number of benzene rings is 2. The van der Waals surface area contributed by atoms with Gasteiger partial charge in [-0.2, -0.15) is 0 Å². The van der Waals surface area contributed by atoms with Crippen molar-refractivity contribution < 1.29 is 23.7 Å². The summed E-state index contributed by atoms with van der Waals surface area (Å²) >= 11 is 1.33. The number of nitrogens with one attached hydrogen (secondary N) is 1. The second-order valence-corrected chi connectivity index (χ2v) is 7.65. The molecule has 2 aromatic carbocycles. The molecule has 1 heterocycles. The van der Waals surface area contributed by atoms with Crippen LogP contribution in [0.1, 0.15) is 5.69 Å². The maximum atomic E-state index is 12.6. The van der Waals surface area contributed by atoms with Crippen molar-refractivity contribution in [2.24, 2.45) is 0 Å². The average molecular weight is 471 g/mol. The van der Waals surface area contributed by atoms with Gasteiger partial charge < -0.3 is 24.3 Å². The van der Waals surface area contributed by atoms with Gasteiger partial charge in [0.1, 0.15) is 28.8 Å². The van der Waals surface area contributed by atoms with E-state index in [9.17, 15) is 4.79 Å². The van der Waals surface area contributed by atoms with Gasteiger partial charge in [-0.1, -0.05) is 23.1 Å². The number of aromatic nitrogens is 3. The van der Waals surface area contributed by atoms with Crippen LogP contribution in [0.3, 0.4) is 0 Å². The van der Waals surface area contributed by atoms with Crippen molar-refractivity contribution in [1.29, 1.82) is 0 Å². The number of carbonyl (C=O) groups excluding carboxylic acids is 1. The lowest BCUT2D eigenvalue weighted by molar-refractivity contribution is -0.113. The van der Waals surface area contributed by atoms with E-state index in [1.54, 1.807) is 50.3 Å². The van der Waals surface area contributed by atoms with Crippen LogP contribution in [0.15, 0.2) is 60.1 Å². The van der Waals surface area contributed by atoms with Crippen LogP contribution in [0.25, 0.3) is 0 Å². The smallest absolute Gasteiger partial charge is 0.234 e. The predicted octanol–water partition coefficient (Wildman–Crippen LogP) is 3.80. The van der Waals surface area contributed by atoms with Crippen molar-refractivity contribution in [3.05, 3.63) is 60.8 Å². The van der Waals surface area contributed by atoms with Crippen molar-refractivity contribution in [2.45, 2.75) is 18.2 Å². The molecule has 174 valence electrons. The second kappa shape index (κ2) is 11.8. The minimum absolute atomic E-state index is 0.161. The molecule has 0 atom stereocenters. The van der Waals surface area contributed by atoms with Gasteiger partial charge in [0.25, 0.3) is 0 Å². The van der Waals surface area contributed by atoms with Crippen LogP contribution < -0.4 is 24.3 Å². The first kappa shape index (κ1) is 24.0. The SMILES string of the molecule is C=CCn1nnc(COc2ccc(OC)cc2)c1SCC(=O)Nc1ccc(OC)c(OC)c1. The van der Waals surface area contributed by atoms with E-state index in [2.05, 4.69) is 22.2 Å². The number of allylic oxidation sites excluding steroid dienone is 1. The molecule has 10 heteroatoms. The lowest BCUT2D eigenvalue weighted by Crippen LogP contribution is -2.15. The summed E-state index contributed by atoms with van der Waals surface area (Å²) in [5, 5.41) is 12.0. The average Bonchev–Trinajstić information content (AvgIpc) is 3.23. The van der Waals surface area contributed by atoms with Crippen molar-refractivity contribution in [3.8, 4) is 23.0 Å². The number of nitrogens with zero attached hydrogens (tertiary/aromatic N) is 3. The number of thioether (sulfide) groups is 1. The molecule has 3 rings (SSSR count). The van der Waals surface area contributed by atoms with Gasteiger partial charge in [0, 0.05) is 11.8 Å². The Bertz CT molecular complexity index is 1080. The third-order valence-corrected chi connectivity index (χ3v) is 5.63. The van der Waals surface area contributed by atoms with E-state index in [1.807, 2.05) is 24.3 Å². The summed E-state index contributed by atoms with van der Waals surface area (Å²) in [5.74, 6) is 2.53. The van der Waals surface area contributed by atoms with Crippen LogP contribution in [0.4, 0.5) is 5.69 Å². The fraction of sp³-hybridized carbons (Fsp3) is 0.261. The van der Waals surface area contributed by atoms with Crippen molar-refractivity contribution in [3.63, 3.8) is 0 Å². The van der Waals surface area contributed by atoms with Crippen molar-refractivity contribution in [1.82, 2.24) is 15.0 Å². The Morgan fingerprint density at radius 1 is 1.06 bits per heavy atom. The van der Waals surface area contributed by atoms with E-state index in [4.69, 9.17) is 18.9 Å².